The summed E-state index contributed by atoms with van der Waals surface area (Å²) in [6, 6.07) is 13.3. The van der Waals surface area contributed by atoms with E-state index in [4.69, 9.17) is 15.2 Å². The minimum absolute atomic E-state index is 0.00738. The van der Waals surface area contributed by atoms with E-state index in [9.17, 15) is 4.79 Å². The van der Waals surface area contributed by atoms with Gasteiger partial charge in [0.25, 0.3) is 0 Å². The fourth-order valence-corrected chi connectivity index (χ4v) is 2.40. The molecule has 0 bridgehead atoms. The molecule has 24 heavy (non-hydrogen) atoms. The lowest BCUT2D eigenvalue weighted by Gasteiger charge is -2.12. The molecule has 128 valence electrons. The van der Waals surface area contributed by atoms with Gasteiger partial charge in [0.15, 0.2) is 11.5 Å². The highest BCUT2D eigenvalue weighted by Crippen LogP contribution is 2.28. The molecule has 0 aliphatic carbocycles. The molecule has 0 aromatic heterocycles. The molecule has 0 atom stereocenters. The number of nitrogens with two attached hydrogens (primary N) is 1. The Balaban J connectivity index is 1.87. The minimum Gasteiger partial charge on any atom is -0.493 e. The molecule has 0 spiro atoms. The van der Waals surface area contributed by atoms with E-state index in [2.05, 4.69) is 5.32 Å². The van der Waals surface area contributed by atoms with Crippen LogP contribution in [0.5, 0.6) is 11.5 Å². The molecule has 0 aliphatic heterocycles. The van der Waals surface area contributed by atoms with E-state index in [0.29, 0.717) is 37.5 Å². The Morgan fingerprint density at radius 2 is 1.96 bits per heavy atom. The van der Waals surface area contributed by atoms with Crippen molar-refractivity contribution in [1.82, 2.24) is 5.32 Å². The van der Waals surface area contributed by atoms with Crippen molar-refractivity contribution in [2.75, 3.05) is 19.5 Å². The lowest BCUT2D eigenvalue weighted by atomic mass is 10.1. The molecule has 0 aliphatic rings. The lowest BCUT2D eigenvalue weighted by molar-refractivity contribution is -0.121. The topological polar surface area (TPSA) is 73.6 Å². The lowest BCUT2D eigenvalue weighted by Crippen LogP contribution is -2.23. The molecular weight excluding hydrogens is 304 g/mol. The van der Waals surface area contributed by atoms with E-state index in [0.717, 1.165) is 16.8 Å². The molecule has 1 amide bonds. The van der Waals surface area contributed by atoms with Gasteiger partial charge in [-0.15, -0.1) is 0 Å². The molecule has 2 rings (SSSR count). The standard InChI is InChI=1S/C19H24N2O3/c1-3-24-18-12-14(8-10-17(18)23-2)13-21-19(22)11-9-15-6-4-5-7-16(15)20/h4-8,10,12H,3,9,11,13,20H2,1-2H3,(H,21,22). The number of amides is 1. The SMILES string of the molecule is CCOc1cc(CNC(=O)CCc2ccccc2N)ccc1OC. The van der Waals surface area contributed by atoms with Crippen LogP contribution < -0.4 is 20.5 Å². The average Bonchev–Trinajstić information content (AvgIpc) is 2.60. The number of benzene rings is 2. The number of carbonyl (C=O) groups is 1. The number of nitrogens with one attached hydrogen (secondary N) is 1. The van der Waals surface area contributed by atoms with Crippen LogP contribution >= 0.6 is 0 Å². The number of hydrogen-bond acceptors (Lipinski definition) is 4. The summed E-state index contributed by atoms with van der Waals surface area (Å²) >= 11 is 0. The summed E-state index contributed by atoms with van der Waals surface area (Å²) in [7, 11) is 1.61. The van der Waals surface area contributed by atoms with Crippen molar-refractivity contribution in [2.45, 2.75) is 26.3 Å². The van der Waals surface area contributed by atoms with Crippen molar-refractivity contribution in [3.05, 3.63) is 53.6 Å². The third kappa shape index (κ3) is 4.91. The molecule has 0 unspecified atom stereocenters. The van der Waals surface area contributed by atoms with Crippen LogP contribution in [-0.4, -0.2) is 19.6 Å². The first-order valence-corrected chi connectivity index (χ1v) is 8.03. The first-order valence-electron chi connectivity index (χ1n) is 8.03. The zero-order chi connectivity index (χ0) is 17.4. The molecule has 0 saturated heterocycles. The molecule has 5 heteroatoms. The number of nitrogen functional groups attached to an aromatic ring is 1. The Morgan fingerprint density at radius 1 is 1.17 bits per heavy atom. The van der Waals surface area contributed by atoms with Crippen LogP contribution in [-0.2, 0) is 17.8 Å². The molecule has 3 N–H and O–H groups in total. The van der Waals surface area contributed by atoms with Crippen molar-refractivity contribution < 1.29 is 14.3 Å². The number of rotatable bonds is 8. The number of ether oxygens (including phenoxy) is 2. The summed E-state index contributed by atoms with van der Waals surface area (Å²) in [6.45, 7) is 2.93. The van der Waals surface area contributed by atoms with Crippen molar-refractivity contribution in [3.8, 4) is 11.5 Å². The maximum Gasteiger partial charge on any atom is 0.220 e. The Morgan fingerprint density at radius 3 is 2.67 bits per heavy atom. The number of anilines is 1. The third-order valence-corrected chi connectivity index (χ3v) is 3.69. The van der Waals surface area contributed by atoms with Crippen LogP contribution in [0.2, 0.25) is 0 Å². The van der Waals surface area contributed by atoms with Gasteiger partial charge in [-0.05, 0) is 42.7 Å². The van der Waals surface area contributed by atoms with E-state index < -0.39 is 0 Å². The van der Waals surface area contributed by atoms with Crippen LogP contribution in [0.4, 0.5) is 5.69 Å². The van der Waals surface area contributed by atoms with E-state index in [1.54, 1.807) is 7.11 Å². The first-order chi connectivity index (χ1) is 11.6. The van der Waals surface area contributed by atoms with Crippen LogP contribution in [0.15, 0.2) is 42.5 Å². The monoisotopic (exact) mass is 328 g/mol. The second-order valence-electron chi connectivity index (χ2n) is 5.39. The summed E-state index contributed by atoms with van der Waals surface area (Å²) in [6.07, 6.45) is 1.04. The van der Waals surface area contributed by atoms with E-state index in [-0.39, 0.29) is 5.91 Å². The zero-order valence-corrected chi connectivity index (χ0v) is 14.2. The number of hydrogen-bond donors (Lipinski definition) is 2. The Kier molecular flexibility index (Phi) is 6.49. The fraction of sp³-hybridized carbons (Fsp3) is 0.316. The van der Waals surface area contributed by atoms with Crippen molar-refractivity contribution in [2.24, 2.45) is 0 Å². The largest absolute Gasteiger partial charge is 0.493 e. The molecule has 0 radical (unpaired) electrons. The summed E-state index contributed by atoms with van der Waals surface area (Å²) < 4.78 is 10.8. The average molecular weight is 328 g/mol. The van der Waals surface area contributed by atoms with Crippen LogP contribution in [0.1, 0.15) is 24.5 Å². The maximum atomic E-state index is 12.0. The smallest absolute Gasteiger partial charge is 0.220 e. The maximum absolute atomic E-state index is 12.0. The molecular formula is C19H24N2O3. The molecule has 5 nitrogen and oxygen atoms in total. The molecule has 0 saturated carbocycles. The Bertz CT molecular complexity index is 686. The minimum atomic E-state index is -0.00738. The molecule has 0 heterocycles. The van der Waals surface area contributed by atoms with Gasteiger partial charge in [-0.1, -0.05) is 24.3 Å². The Hall–Kier alpha value is -2.69. The van der Waals surface area contributed by atoms with Gasteiger partial charge in [-0.2, -0.15) is 0 Å². The highest BCUT2D eigenvalue weighted by Gasteiger charge is 2.07. The quantitative estimate of drug-likeness (QED) is 0.731. The number of aryl methyl sites for hydroxylation is 1. The van der Waals surface area contributed by atoms with Crippen LogP contribution in [0, 0.1) is 0 Å². The van der Waals surface area contributed by atoms with Crippen molar-refractivity contribution in [3.63, 3.8) is 0 Å². The predicted molar refractivity (Wildman–Crippen MR) is 95.2 cm³/mol. The normalized spacial score (nSPS) is 10.2. The van der Waals surface area contributed by atoms with Gasteiger partial charge in [-0.3, -0.25) is 4.79 Å². The van der Waals surface area contributed by atoms with Crippen molar-refractivity contribution >= 4 is 11.6 Å². The number of methoxy groups -OCH3 is 1. The fourth-order valence-electron chi connectivity index (χ4n) is 2.40. The van der Waals surface area contributed by atoms with Gasteiger partial charge in [-0.25, -0.2) is 0 Å². The summed E-state index contributed by atoms with van der Waals surface area (Å²) in [5, 5.41) is 2.92. The van der Waals surface area contributed by atoms with Gasteiger partial charge in [0.05, 0.1) is 13.7 Å². The van der Waals surface area contributed by atoms with Crippen LogP contribution in [0.3, 0.4) is 0 Å². The van der Waals surface area contributed by atoms with Gasteiger partial charge in [0.1, 0.15) is 0 Å². The molecule has 2 aromatic rings. The van der Waals surface area contributed by atoms with Crippen molar-refractivity contribution in [1.29, 1.82) is 0 Å². The highest BCUT2D eigenvalue weighted by molar-refractivity contribution is 5.76. The van der Waals surface area contributed by atoms with E-state index in [1.807, 2.05) is 49.4 Å². The predicted octanol–water partition coefficient (Wildman–Crippen LogP) is 2.93. The number of para-hydroxylation sites is 1. The molecule has 2 aromatic carbocycles. The highest BCUT2D eigenvalue weighted by atomic mass is 16.5. The number of carbonyl (C=O) groups excluding carboxylic acids is 1. The van der Waals surface area contributed by atoms with Gasteiger partial charge in [0, 0.05) is 18.7 Å². The summed E-state index contributed by atoms with van der Waals surface area (Å²) in [5.41, 5.74) is 8.57. The first kappa shape index (κ1) is 17.7. The van der Waals surface area contributed by atoms with Gasteiger partial charge in [0.2, 0.25) is 5.91 Å². The van der Waals surface area contributed by atoms with Crippen LogP contribution in [0.25, 0.3) is 0 Å². The second-order valence-corrected chi connectivity index (χ2v) is 5.39. The second kappa shape index (κ2) is 8.82. The Labute approximate surface area is 142 Å². The van der Waals surface area contributed by atoms with E-state index >= 15 is 0 Å². The molecule has 0 fully saturated rings. The third-order valence-electron chi connectivity index (χ3n) is 3.69. The summed E-state index contributed by atoms with van der Waals surface area (Å²) in [5.74, 6) is 1.36. The zero-order valence-electron chi connectivity index (χ0n) is 14.2. The van der Waals surface area contributed by atoms with Gasteiger partial charge < -0.3 is 20.5 Å². The summed E-state index contributed by atoms with van der Waals surface area (Å²) in [4.78, 5) is 12.0. The van der Waals surface area contributed by atoms with E-state index in [1.165, 1.54) is 0 Å². The van der Waals surface area contributed by atoms with Gasteiger partial charge >= 0.3 is 0 Å².